The molecule has 3 unspecified atom stereocenters. The van der Waals surface area contributed by atoms with E-state index >= 15 is 0 Å². The van der Waals surface area contributed by atoms with Crippen molar-refractivity contribution >= 4 is 17.3 Å². The summed E-state index contributed by atoms with van der Waals surface area (Å²) in [5.74, 6) is 1.85. The molecule has 94 valence electrons. The zero-order valence-corrected chi connectivity index (χ0v) is 10.9. The lowest BCUT2D eigenvalue weighted by Gasteiger charge is -2.32. The van der Waals surface area contributed by atoms with E-state index in [1.807, 2.05) is 0 Å². The molecule has 1 aromatic heterocycles. The maximum atomic E-state index is 5.83. The molecule has 3 atom stereocenters. The van der Waals surface area contributed by atoms with Crippen molar-refractivity contribution in [3.63, 3.8) is 0 Å². The second-order valence-corrected chi connectivity index (χ2v) is 5.25. The second-order valence-electron chi connectivity index (χ2n) is 4.91. The molecule has 1 aliphatic carbocycles. The first-order valence-electron chi connectivity index (χ1n) is 6.01. The molecular weight excluding hydrogens is 238 g/mol. The van der Waals surface area contributed by atoms with Gasteiger partial charge in [0.15, 0.2) is 0 Å². The first kappa shape index (κ1) is 12.4. The number of nitrogens with two attached hydrogens (primary N) is 1. The highest BCUT2D eigenvalue weighted by molar-refractivity contribution is 6.28. The lowest BCUT2D eigenvalue weighted by atomic mass is 9.80. The largest absolute Gasteiger partial charge is 0.473 e. The molecule has 2 N–H and O–H groups in total. The average Bonchev–Trinajstić information content (AvgIpc) is 2.29. The van der Waals surface area contributed by atoms with E-state index in [-0.39, 0.29) is 11.4 Å². The van der Waals surface area contributed by atoms with Crippen LogP contribution in [-0.2, 0) is 0 Å². The van der Waals surface area contributed by atoms with Crippen molar-refractivity contribution in [3.8, 4) is 5.88 Å². The summed E-state index contributed by atoms with van der Waals surface area (Å²) in [7, 11) is 0. The summed E-state index contributed by atoms with van der Waals surface area (Å²) < 4.78 is 5.83. The number of hydrogen-bond donors (Lipinski definition) is 1. The summed E-state index contributed by atoms with van der Waals surface area (Å²) in [5.41, 5.74) is 6.20. The van der Waals surface area contributed by atoms with Crippen LogP contribution in [0.15, 0.2) is 6.20 Å². The van der Waals surface area contributed by atoms with Gasteiger partial charge in [0.2, 0.25) is 11.2 Å². The van der Waals surface area contributed by atoms with Crippen LogP contribution in [0, 0.1) is 11.8 Å². The number of ether oxygens (including phenoxy) is 1. The van der Waals surface area contributed by atoms with E-state index < -0.39 is 0 Å². The molecule has 0 radical (unpaired) electrons. The molecule has 0 bridgehead atoms. The van der Waals surface area contributed by atoms with Gasteiger partial charge in [-0.2, -0.15) is 4.98 Å². The number of anilines is 1. The van der Waals surface area contributed by atoms with E-state index in [2.05, 4.69) is 23.8 Å². The Labute approximate surface area is 107 Å². The lowest BCUT2D eigenvalue weighted by molar-refractivity contribution is 0.0971. The minimum absolute atomic E-state index is 0.173. The van der Waals surface area contributed by atoms with Crippen LogP contribution in [0.3, 0.4) is 0 Å². The Morgan fingerprint density at radius 2 is 2.12 bits per heavy atom. The summed E-state index contributed by atoms with van der Waals surface area (Å²) in [4.78, 5) is 7.83. The number of halogens is 1. The molecule has 17 heavy (non-hydrogen) atoms. The van der Waals surface area contributed by atoms with Crippen LogP contribution in [0.1, 0.15) is 33.1 Å². The number of nitrogen functional groups attached to an aromatic ring is 1. The minimum Gasteiger partial charge on any atom is -0.473 e. The summed E-state index contributed by atoms with van der Waals surface area (Å²) in [6.07, 6.45) is 4.95. The normalized spacial score (nSPS) is 29.0. The quantitative estimate of drug-likeness (QED) is 0.826. The molecule has 1 fully saturated rings. The highest BCUT2D eigenvalue weighted by Gasteiger charge is 2.26. The maximum absolute atomic E-state index is 5.83. The molecule has 0 saturated heterocycles. The monoisotopic (exact) mass is 255 g/mol. The third kappa shape index (κ3) is 3.00. The van der Waals surface area contributed by atoms with Gasteiger partial charge in [-0.1, -0.05) is 13.8 Å². The third-order valence-corrected chi connectivity index (χ3v) is 3.76. The van der Waals surface area contributed by atoms with E-state index in [1.165, 1.54) is 12.6 Å². The fourth-order valence-corrected chi connectivity index (χ4v) is 2.34. The SMILES string of the molecule is CC1CCC(Oc2nc(Cl)ncc2N)CC1C. The zero-order chi connectivity index (χ0) is 12.4. The van der Waals surface area contributed by atoms with Crippen molar-refractivity contribution in [1.82, 2.24) is 9.97 Å². The van der Waals surface area contributed by atoms with E-state index in [1.54, 1.807) is 0 Å². The highest BCUT2D eigenvalue weighted by atomic mass is 35.5. The first-order valence-corrected chi connectivity index (χ1v) is 6.38. The number of hydrogen-bond acceptors (Lipinski definition) is 4. The standard InChI is InChI=1S/C12H18ClN3O/c1-7-3-4-9(5-8(7)2)17-11-10(14)6-15-12(13)16-11/h6-9H,3-5,14H2,1-2H3. The number of aromatic nitrogens is 2. The fraction of sp³-hybridized carbons (Fsp3) is 0.667. The van der Waals surface area contributed by atoms with Crippen LogP contribution in [0.4, 0.5) is 5.69 Å². The van der Waals surface area contributed by atoms with Crippen LogP contribution in [0.2, 0.25) is 5.28 Å². The summed E-state index contributed by atoms with van der Waals surface area (Å²) in [6.45, 7) is 4.55. The van der Waals surface area contributed by atoms with Crippen LogP contribution >= 0.6 is 11.6 Å². The molecule has 0 spiro atoms. The molecule has 0 aliphatic heterocycles. The Morgan fingerprint density at radius 1 is 1.35 bits per heavy atom. The fourth-order valence-electron chi connectivity index (χ4n) is 2.21. The van der Waals surface area contributed by atoms with Gasteiger partial charge in [0, 0.05) is 0 Å². The molecule has 0 amide bonds. The molecular formula is C12H18ClN3O. The Morgan fingerprint density at radius 3 is 2.82 bits per heavy atom. The van der Waals surface area contributed by atoms with Crippen molar-refractivity contribution < 1.29 is 4.74 Å². The Balaban J connectivity index is 2.03. The van der Waals surface area contributed by atoms with Crippen molar-refractivity contribution in [3.05, 3.63) is 11.5 Å². The summed E-state index contributed by atoms with van der Waals surface area (Å²) in [6, 6.07) is 0. The van der Waals surface area contributed by atoms with Crippen LogP contribution in [0.5, 0.6) is 5.88 Å². The van der Waals surface area contributed by atoms with Crippen molar-refractivity contribution in [1.29, 1.82) is 0 Å². The molecule has 1 heterocycles. The van der Waals surface area contributed by atoms with Gasteiger partial charge in [-0.25, -0.2) is 4.98 Å². The van der Waals surface area contributed by atoms with E-state index in [0.717, 1.165) is 18.8 Å². The van der Waals surface area contributed by atoms with Crippen molar-refractivity contribution in [2.45, 2.75) is 39.2 Å². The van der Waals surface area contributed by atoms with Gasteiger partial charge < -0.3 is 10.5 Å². The predicted octanol–water partition coefficient (Wildman–Crippen LogP) is 2.92. The molecule has 0 aromatic carbocycles. The summed E-state index contributed by atoms with van der Waals surface area (Å²) in [5, 5.41) is 0.173. The lowest BCUT2D eigenvalue weighted by Crippen LogP contribution is -2.29. The third-order valence-electron chi connectivity index (χ3n) is 3.58. The first-order chi connectivity index (χ1) is 8.06. The van der Waals surface area contributed by atoms with Crippen molar-refractivity contribution in [2.75, 3.05) is 5.73 Å². The average molecular weight is 256 g/mol. The molecule has 2 rings (SSSR count). The zero-order valence-electron chi connectivity index (χ0n) is 10.2. The Kier molecular flexibility index (Phi) is 3.72. The molecule has 1 aromatic rings. The molecule has 1 saturated carbocycles. The van der Waals surface area contributed by atoms with Gasteiger partial charge in [-0.05, 0) is 42.7 Å². The van der Waals surface area contributed by atoms with E-state index in [9.17, 15) is 0 Å². The van der Waals surface area contributed by atoms with Gasteiger partial charge in [-0.3, -0.25) is 0 Å². The van der Waals surface area contributed by atoms with E-state index in [4.69, 9.17) is 22.1 Å². The van der Waals surface area contributed by atoms with Crippen LogP contribution in [0.25, 0.3) is 0 Å². The maximum Gasteiger partial charge on any atom is 0.241 e. The molecule has 4 nitrogen and oxygen atoms in total. The van der Waals surface area contributed by atoms with Crippen LogP contribution in [-0.4, -0.2) is 16.1 Å². The minimum atomic E-state index is 0.173. The number of rotatable bonds is 2. The highest BCUT2D eigenvalue weighted by Crippen LogP contribution is 2.32. The van der Waals surface area contributed by atoms with Crippen LogP contribution < -0.4 is 10.5 Å². The smallest absolute Gasteiger partial charge is 0.241 e. The Hall–Kier alpha value is -1.03. The molecule has 5 heteroatoms. The summed E-state index contributed by atoms with van der Waals surface area (Å²) >= 11 is 5.73. The number of nitrogens with zero attached hydrogens (tertiary/aromatic N) is 2. The van der Waals surface area contributed by atoms with Gasteiger partial charge in [0.25, 0.3) is 0 Å². The predicted molar refractivity (Wildman–Crippen MR) is 68.0 cm³/mol. The topological polar surface area (TPSA) is 61.0 Å². The second kappa shape index (κ2) is 5.08. The van der Waals surface area contributed by atoms with Gasteiger partial charge in [0.05, 0.1) is 6.20 Å². The van der Waals surface area contributed by atoms with Crippen molar-refractivity contribution in [2.24, 2.45) is 11.8 Å². The van der Waals surface area contributed by atoms with Gasteiger partial charge >= 0.3 is 0 Å². The van der Waals surface area contributed by atoms with Gasteiger partial charge in [0.1, 0.15) is 11.8 Å². The Bertz CT molecular complexity index is 399. The molecule has 1 aliphatic rings. The van der Waals surface area contributed by atoms with E-state index in [0.29, 0.717) is 17.5 Å². The van der Waals surface area contributed by atoms with Gasteiger partial charge in [-0.15, -0.1) is 0 Å².